The van der Waals surface area contributed by atoms with E-state index in [1.54, 1.807) is 0 Å². The van der Waals surface area contributed by atoms with Crippen molar-refractivity contribution < 1.29 is 14.3 Å². The van der Waals surface area contributed by atoms with E-state index < -0.39 is 0 Å². The fourth-order valence-electron chi connectivity index (χ4n) is 3.28. The number of carbonyl (C=O) groups is 1. The molecule has 128 valence electrons. The normalized spacial score (nSPS) is 18.0. The molecule has 4 nitrogen and oxygen atoms in total. The number of piperidine rings is 1. The van der Waals surface area contributed by atoms with Gasteiger partial charge in [0.15, 0.2) is 0 Å². The van der Waals surface area contributed by atoms with Crippen molar-refractivity contribution >= 4 is 5.97 Å². The first-order chi connectivity index (χ1) is 11.0. The molecular weight excluding hydrogens is 290 g/mol. The lowest BCUT2D eigenvalue weighted by Gasteiger charge is -2.37. The van der Waals surface area contributed by atoms with Crippen LogP contribution in [-0.2, 0) is 9.53 Å². The summed E-state index contributed by atoms with van der Waals surface area (Å²) >= 11 is 0. The van der Waals surface area contributed by atoms with Gasteiger partial charge in [-0.2, -0.15) is 0 Å². The van der Waals surface area contributed by atoms with Crippen LogP contribution in [0.1, 0.15) is 32.3 Å². The highest BCUT2D eigenvalue weighted by Gasteiger charge is 2.33. The number of aryl methyl sites for hydroxylation is 1. The van der Waals surface area contributed by atoms with E-state index >= 15 is 0 Å². The van der Waals surface area contributed by atoms with Gasteiger partial charge in [-0.25, -0.2) is 0 Å². The second-order valence-corrected chi connectivity index (χ2v) is 6.72. The van der Waals surface area contributed by atoms with Crippen LogP contribution in [0, 0.1) is 18.8 Å². The second-order valence-electron chi connectivity index (χ2n) is 6.72. The minimum Gasteiger partial charge on any atom is -0.493 e. The summed E-state index contributed by atoms with van der Waals surface area (Å²) in [5.41, 5.74) is 1.15. The van der Waals surface area contributed by atoms with Gasteiger partial charge in [0.2, 0.25) is 0 Å². The van der Waals surface area contributed by atoms with Crippen LogP contribution in [0.25, 0.3) is 0 Å². The van der Waals surface area contributed by atoms with E-state index in [2.05, 4.69) is 18.7 Å². The summed E-state index contributed by atoms with van der Waals surface area (Å²) < 4.78 is 10.9. The number of hydrogen-bond acceptors (Lipinski definition) is 4. The molecule has 2 rings (SSSR count). The molecule has 1 aromatic rings. The first kappa shape index (κ1) is 17.8. The van der Waals surface area contributed by atoms with Gasteiger partial charge in [-0.15, -0.1) is 0 Å². The number of rotatable bonds is 6. The standard InChI is InChI=1S/C19H29NO3/c1-14(2)20-10-8-16(9-11-20)18(19(21)22-4)13-23-17-7-5-6-15(3)12-17/h5-7,12,14,16,18H,8-11,13H2,1-4H3. The molecule has 1 fully saturated rings. The number of carbonyl (C=O) groups excluding carboxylic acids is 1. The molecule has 1 atom stereocenters. The quantitative estimate of drug-likeness (QED) is 0.754. The fourth-order valence-corrected chi connectivity index (χ4v) is 3.28. The number of ether oxygens (including phenoxy) is 2. The largest absolute Gasteiger partial charge is 0.493 e. The zero-order chi connectivity index (χ0) is 16.8. The fraction of sp³-hybridized carbons (Fsp3) is 0.632. The third kappa shape index (κ3) is 4.96. The molecule has 1 aliphatic heterocycles. The van der Waals surface area contributed by atoms with E-state index in [4.69, 9.17) is 9.47 Å². The third-order valence-corrected chi connectivity index (χ3v) is 4.80. The topological polar surface area (TPSA) is 38.8 Å². The predicted octanol–water partition coefficient (Wildman–Crippen LogP) is 3.28. The molecule has 0 spiro atoms. The Bertz CT molecular complexity index is 507. The lowest BCUT2D eigenvalue weighted by atomic mass is 9.84. The van der Waals surface area contributed by atoms with Gasteiger partial charge < -0.3 is 14.4 Å². The number of esters is 1. The SMILES string of the molecule is COC(=O)C(COc1cccc(C)c1)C1CCN(C(C)C)CC1. The maximum absolute atomic E-state index is 12.2. The highest BCUT2D eigenvalue weighted by atomic mass is 16.5. The third-order valence-electron chi connectivity index (χ3n) is 4.80. The maximum Gasteiger partial charge on any atom is 0.312 e. The molecule has 0 aliphatic carbocycles. The Balaban J connectivity index is 1.96. The predicted molar refractivity (Wildman–Crippen MR) is 91.6 cm³/mol. The molecule has 1 aromatic carbocycles. The number of hydrogen-bond donors (Lipinski definition) is 0. The van der Waals surface area contributed by atoms with Gasteiger partial charge in [0.05, 0.1) is 13.0 Å². The summed E-state index contributed by atoms with van der Waals surface area (Å²) in [7, 11) is 1.46. The van der Waals surface area contributed by atoms with Crippen molar-refractivity contribution in [2.45, 2.75) is 39.7 Å². The van der Waals surface area contributed by atoms with Crippen LogP contribution in [0.5, 0.6) is 5.75 Å². The summed E-state index contributed by atoms with van der Waals surface area (Å²) in [4.78, 5) is 14.7. The van der Waals surface area contributed by atoms with E-state index in [-0.39, 0.29) is 11.9 Å². The number of benzene rings is 1. The summed E-state index contributed by atoms with van der Waals surface area (Å²) in [5, 5.41) is 0. The molecule has 1 saturated heterocycles. The van der Waals surface area contributed by atoms with Crippen molar-refractivity contribution in [1.29, 1.82) is 0 Å². The molecule has 0 radical (unpaired) electrons. The summed E-state index contributed by atoms with van der Waals surface area (Å²) in [6, 6.07) is 8.50. The molecule has 1 heterocycles. The molecule has 1 unspecified atom stereocenters. The highest BCUT2D eigenvalue weighted by molar-refractivity contribution is 5.72. The molecule has 0 N–H and O–H groups in total. The Kier molecular flexibility index (Phi) is 6.46. The first-order valence-electron chi connectivity index (χ1n) is 8.52. The molecule has 0 saturated carbocycles. The van der Waals surface area contributed by atoms with Gasteiger partial charge in [-0.1, -0.05) is 12.1 Å². The Morgan fingerprint density at radius 2 is 2.00 bits per heavy atom. The zero-order valence-electron chi connectivity index (χ0n) is 14.7. The van der Waals surface area contributed by atoms with Crippen LogP contribution in [0.3, 0.4) is 0 Å². The van der Waals surface area contributed by atoms with Gasteiger partial charge in [-0.05, 0) is 70.3 Å². The van der Waals surface area contributed by atoms with E-state index in [1.807, 2.05) is 31.2 Å². The minimum absolute atomic E-state index is 0.152. The monoisotopic (exact) mass is 319 g/mol. The van der Waals surface area contributed by atoms with Crippen LogP contribution in [0.2, 0.25) is 0 Å². The van der Waals surface area contributed by atoms with E-state index in [1.165, 1.54) is 7.11 Å². The lowest BCUT2D eigenvalue weighted by molar-refractivity contribution is -0.149. The number of methoxy groups -OCH3 is 1. The average molecular weight is 319 g/mol. The van der Waals surface area contributed by atoms with Crippen LogP contribution in [0.15, 0.2) is 24.3 Å². The Morgan fingerprint density at radius 3 is 2.57 bits per heavy atom. The van der Waals surface area contributed by atoms with Gasteiger partial charge in [0, 0.05) is 6.04 Å². The first-order valence-corrected chi connectivity index (χ1v) is 8.52. The van der Waals surface area contributed by atoms with E-state index in [0.29, 0.717) is 18.6 Å². The van der Waals surface area contributed by atoms with Crippen LogP contribution >= 0.6 is 0 Å². The van der Waals surface area contributed by atoms with Crippen molar-refractivity contribution in [1.82, 2.24) is 4.90 Å². The second kappa shape index (κ2) is 8.34. The van der Waals surface area contributed by atoms with Crippen molar-refractivity contribution in [2.75, 3.05) is 26.8 Å². The maximum atomic E-state index is 12.2. The van der Waals surface area contributed by atoms with Crippen molar-refractivity contribution in [3.05, 3.63) is 29.8 Å². The average Bonchev–Trinajstić information content (AvgIpc) is 2.55. The van der Waals surface area contributed by atoms with Gasteiger partial charge in [0.1, 0.15) is 12.4 Å². The number of likely N-dealkylation sites (tertiary alicyclic amines) is 1. The van der Waals surface area contributed by atoms with Gasteiger partial charge in [-0.3, -0.25) is 4.79 Å². The Hall–Kier alpha value is -1.55. The van der Waals surface area contributed by atoms with Gasteiger partial charge in [0.25, 0.3) is 0 Å². The Labute approximate surface area is 139 Å². The van der Waals surface area contributed by atoms with Gasteiger partial charge >= 0.3 is 5.97 Å². The summed E-state index contributed by atoms with van der Waals surface area (Å²) in [6.45, 7) is 8.95. The van der Waals surface area contributed by atoms with Crippen molar-refractivity contribution in [3.63, 3.8) is 0 Å². The lowest BCUT2D eigenvalue weighted by Crippen LogP contribution is -2.42. The molecule has 0 aromatic heterocycles. The Morgan fingerprint density at radius 1 is 1.30 bits per heavy atom. The van der Waals surface area contributed by atoms with E-state index in [9.17, 15) is 4.79 Å². The van der Waals surface area contributed by atoms with E-state index in [0.717, 1.165) is 37.2 Å². The molecule has 4 heteroatoms. The summed E-state index contributed by atoms with van der Waals surface area (Å²) in [5.74, 6) is 0.816. The molecule has 1 aliphatic rings. The zero-order valence-corrected chi connectivity index (χ0v) is 14.7. The smallest absolute Gasteiger partial charge is 0.312 e. The van der Waals surface area contributed by atoms with Crippen LogP contribution in [0.4, 0.5) is 0 Å². The number of nitrogens with zero attached hydrogens (tertiary/aromatic N) is 1. The van der Waals surface area contributed by atoms with Crippen molar-refractivity contribution in [3.8, 4) is 5.75 Å². The highest BCUT2D eigenvalue weighted by Crippen LogP contribution is 2.28. The molecule has 0 amide bonds. The van der Waals surface area contributed by atoms with Crippen LogP contribution in [-0.4, -0.2) is 43.7 Å². The molecular formula is C19H29NO3. The minimum atomic E-state index is -0.185. The molecule has 23 heavy (non-hydrogen) atoms. The summed E-state index contributed by atoms with van der Waals surface area (Å²) in [6.07, 6.45) is 2.05. The van der Waals surface area contributed by atoms with Crippen molar-refractivity contribution in [2.24, 2.45) is 11.8 Å². The van der Waals surface area contributed by atoms with Crippen LogP contribution < -0.4 is 4.74 Å². The molecule has 0 bridgehead atoms.